The van der Waals surface area contributed by atoms with E-state index in [1.807, 2.05) is 6.07 Å². The predicted molar refractivity (Wildman–Crippen MR) is 47.5 cm³/mol. The van der Waals surface area contributed by atoms with Crippen LogP contribution in [0.15, 0.2) is 30.3 Å². The van der Waals surface area contributed by atoms with Gasteiger partial charge in [-0.15, -0.1) is 0 Å². The van der Waals surface area contributed by atoms with Gasteiger partial charge >= 0.3 is 0 Å². The van der Waals surface area contributed by atoms with E-state index in [4.69, 9.17) is 0 Å². The van der Waals surface area contributed by atoms with Gasteiger partial charge in [-0.05, 0) is 12.5 Å². The quantitative estimate of drug-likeness (QED) is 0.625. The molecule has 0 aliphatic rings. The lowest BCUT2D eigenvalue weighted by Gasteiger charge is -2.09. The van der Waals surface area contributed by atoms with Crippen LogP contribution in [0.4, 0.5) is 0 Å². The molecule has 0 saturated heterocycles. The Hall–Kier alpha value is -0.820. The second-order valence-electron chi connectivity index (χ2n) is 2.59. The first kappa shape index (κ1) is 8.28. The van der Waals surface area contributed by atoms with Gasteiger partial charge in [-0.3, -0.25) is 0 Å². The average molecular weight is 148 g/mol. The van der Waals surface area contributed by atoms with Crippen molar-refractivity contribution in [1.29, 1.82) is 0 Å². The van der Waals surface area contributed by atoms with Crippen LogP contribution >= 0.6 is 0 Å². The van der Waals surface area contributed by atoms with E-state index in [1.165, 1.54) is 5.56 Å². The van der Waals surface area contributed by atoms with Crippen molar-refractivity contribution in [3.63, 3.8) is 0 Å². The lowest BCUT2D eigenvalue weighted by molar-refractivity contribution is 0.584. The first-order valence-electron chi connectivity index (χ1n) is 4.06. The highest BCUT2D eigenvalue weighted by Gasteiger charge is 2.01. The summed E-state index contributed by atoms with van der Waals surface area (Å²) < 4.78 is 0. The first-order chi connectivity index (χ1) is 5.34. The Morgan fingerprint density at radius 1 is 1.27 bits per heavy atom. The molecule has 1 aromatic rings. The summed E-state index contributed by atoms with van der Waals surface area (Å²) in [5.41, 5.74) is 1.30. The Labute approximate surface area is 68.4 Å². The number of hydrogen-bond donors (Lipinski definition) is 0. The molecule has 1 heteroatoms. The normalized spacial score (nSPS) is 12.9. The summed E-state index contributed by atoms with van der Waals surface area (Å²) in [7, 11) is 0. The molecule has 1 rings (SSSR count). The predicted octanol–water partition coefficient (Wildman–Crippen LogP) is 2.37. The maximum Gasteiger partial charge on any atom is 0.0467 e. The topological polar surface area (TPSA) is 14.1 Å². The molecule has 0 saturated carbocycles. The van der Waals surface area contributed by atoms with Gasteiger partial charge in [-0.25, -0.2) is 5.32 Å². The van der Waals surface area contributed by atoms with Gasteiger partial charge in [0.25, 0.3) is 0 Å². The molecule has 1 nitrogen and oxygen atoms in total. The molecule has 0 fully saturated rings. The Morgan fingerprint density at radius 2 is 1.91 bits per heavy atom. The van der Waals surface area contributed by atoms with Gasteiger partial charge in [-0.2, -0.15) is 0 Å². The van der Waals surface area contributed by atoms with Crippen LogP contribution < -0.4 is 5.32 Å². The zero-order valence-electron chi connectivity index (χ0n) is 7.12. The van der Waals surface area contributed by atoms with E-state index in [0.29, 0.717) is 6.04 Å². The van der Waals surface area contributed by atoms with Gasteiger partial charge in [0, 0.05) is 12.6 Å². The molecule has 1 unspecified atom stereocenters. The SMILES string of the molecule is CC[N]C(C)c1ccccc1. The van der Waals surface area contributed by atoms with Crippen LogP contribution in [0, 0.1) is 0 Å². The molecule has 0 spiro atoms. The van der Waals surface area contributed by atoms with Crippen LogP contribution in [-0.2, 0) is 0 Å². The maximum absolute atomic E-state index is 4.39. The summed E-state index contributed by atoms with van der Waals surface area (Å²) in [6, 6.07) is 10.7. The molecular weight excluding hydrogens is 134 g/mol. The van der Waals surface area contributed by atoms with Crippen molar-refractivity contribution in [2.45, 2.75) is 19.9 Å². The molecule has 11 heavy (non-hydrogen) atoms. The molecule has 1 radical (unpaired) electrons. The molecule has 0 amide bonds. The smallest absolute Gasteiger partial charge is 0.0467 e. The Morgan fingerprint density at radius 3 is 2.45 bits per heavy atom. The largest absolute Gasteiger partial charge is 0.234 e. The lowest BCUT2D eigenvalue weighted by atomic mass is 10.1. The standard InChI is InChI=1S/C10H14N/c1-3-11-9(2)10-7-5-4-6-8-10/h4-9H,3H2,1-2H3. The van der Waals surface area contributed by atoms with Crippen molar-refractivity contribution >= 4 is 0 Å². The van der Waals surface area contributed by atoms with E-state index in [0.717, 1.165) is 6.54 Å². The van der Waals surface area contributed by atoms with Crippen molar-refractivity contribution < 1.29 is 0 Å². The van der Waals surface area contributed by atoms with Gasteiger partial charge in [0.1, 0.15) is 0 Å². The molecule has 1 aromatic carbocycles. The third kappa shape index (κ3) is 2.35. The summed E-state index contributed by atoms with van der Waals surface area (Å²) in [6.45, 7) is 5.09. The Kier molecular flexibility index (Phi) is 3.12. The Bertz CT molecular complexity index is 193. The maximum atomic E-state index is 4.39. The number of benzene rings is 1. The molecule has 59 valence electrons. The fourth-order valence-corrected chi connectivity index (χ4v) is 1.11. The van der Waals surface area contributed by atoms with Gasteiger partial charge in [-0.1, -0.05) is 37.3 Å². The van der Waals surface area contributed by atoms with Crippen molar-refractivity contribution in [3.05, 3.63) is 35.9 Å². The summed E-state index contributed by atoms with van der Waals surface area (Å²) in [6.07, 6.45) is 0. The van der Waals surface area contributed by atoms with Crippen molar-refractivity contribution in [2.75, 3.05) is 6.54 Å². The summed E-state index contributed by atoms with van der Waals surface area (Å²) in [4.78, 5) is 0. The molecule has 0 aromatic heterocycles. The van der Waals surface area contributed by atoms with E-state index < -0.39 is 0 Å². The summed E-state index contributed by atoms with van der Waals surface area (Å²) in [5, 5.41) is 4.39. The van der Waals surface area contributed by atoms with E-state index in [9.17, 15) is 0 Å². The third-order valence-electron chi connectivity index (χ3n) is 1.74. The fraction of sp³-hybridized carbons (Fsp3) is 0.400. The molecule has 0 aliphatic carbocycles. The van der Waals surface area contributed by atoms with Crippen LogP contribution in [-0.4, -0.2) is 6.54 Å². The second-order valence-corrected chi connectivity index (χ2v) is 2.59. The first-order valence-corrected chi connectivity index (χ1v) is 4.06. The molecule has 0 bridgehead atoms. The van der Waals surface area contributed by atoms with E-state index in [-0.39, 0.29) is 0 Å². The van der Waals surface area contributed by atoms with Crippen LogP contribution in [0.3, 0.4) is 0 Å². The monoisotopic (exact) mass is 148 g/mol. The Balaban J connectivity index is 2.61. The minimum absolute atomic E-state index is 0.348. The minimum atomic E-state index is 0.348. The number of rotatable bonds is 3. The van der Waals surface area contributed by atoms with Crippen LogP contribution in [0.2, 0.25) is 0 Å². The van der Waals surface area contributed by atoms with Gasteiger partial charge in [0.2, 0.25) is 0 Å². The van der Waals surface area contributed by atoms with Crippen molar-refractivity contribution in [2.24, 2.45) is 0 Å². The van der Waals surface area contributed by atoms with E-state index in [1.54, 1.807) is 0 Å². The third-order valence-corrected chi connectivity index (χ3v) is 1.74. The molecule has 0 aliphatic heterocycles. The highest BCUT2D eigenvalue weighted by atomic mass is 14.9. The van der Waals surface area contributed by atoms with Gasteiger partial charge < -0.3 is 0 Å². The van der Waals surface area contributed by atoms with Crippen LogP contribution in [0.1, 0.15) is 25.5 Å². The van der Waals surface area contributed by atoms with E-state index in [2.05, 4.69) is 43.4 Å². The molecule has 0 heterocycles. The second kappa shape index (κ2) is 4.14. The van der Waals surface area contributed by atoms with Gasteiger partial charge in [0.05, 0.1) is 0 Å². The zero-order valence-corrected chi connectivity index (χ0v) is 7.12. The summed E-state index contributed by atoms with van der Waals surface area (Å²) >= 11 is 0. The van der Waals surface area contributed by atoms with Crippen LogP contribution in [0.25, 0.3) is 0 Å². The van der Waals surface area contributed by atoms with Gasteiger partial charge in [0.15, 0.2) is 0 Å². The van der Waals surface area contributed by atoms with Crippen molar-refractivity contribution in [3.8, 4) is 0 Å². The van der Waals surface area contributed by atoms with E-state index >= 15 is 0 Å². The number of hydrogen-bond acceptors (Lipinski definition) is 0. The van der Waals surface area contributed by atoms with Crippen LogP contribution in [0.5, 0.6) is 0 Å². The zero-order chi connectivity index (χ0) is 8.10. The highest BCUT2D eigenvalue weighted by molar-refractivity contribution is 5.17. The molecule has 1 atom stereocenters. The number of nitrogens with zero attached hydrogens (tertiary/aromatic N) is 1. The minimum Gasteiger partial charge on any atom is -0.234 e. The summed E-state index contributed by atoms with van der Waals surface area (Å²) in [5.74, 6) is 0. The fourth-order valence-electron chi connectivity index (χ4n) is 1.11. The lowest BCUT2D eigenvalue weighted by Crippen LogP contribution is -2.09. The molecular formula is C10H14N. The highest BCUT2D eigenvalue weighted by Crippen LogP contribution is 2.11. The van der Waals surface area contributed by atoms with Crippen molar-refractivity contribution in [1.82, 2.24) is 5.32 Å². The molecule has 0 N–H and O–H groups in total. The average Bonchev–Trinajstić information content (AvgIpc) is 2.07.